The summed E-state index contributed by atoms with van der Waals surface area (Å²) in [7, 11) is 0. The summed E-state index contributed by atoms with van der Waals surface area (Å²) < 4.78 is 63.2. The Kier molecular flexibility index (Phi) is 13.0. The smallest absolute Gasteiger partial charge is 0.813 e. The average molecular weight is 967 g/mol. The van der Waals surface area contributed by atoms with Gasteiger partial charge in [-0.1, -0.05) is 0 Å². The van der Waals surface area contributed by atoms with Gasteiger partial charge in [0.2, 0.25) is 0 Å². The summed E-state index contributed by atoms with van der Waals surface area (Å²) in [6.45, 7) is 7.11. The number of carbonyl (C=O) groups excluding carboxylic acids is 1. The van der Waals surface area contributed by atoms with Crippen LogP contribution in [-0.4, -0.2) is 114 Å². The summed E-state index contributed by atoms with van der Waals surface area (Å²) in [5.74, 6) is 1.68. The minimum absolute atomic E-state index is 0. The standard InChI is InChI=1S/C39H38F3N6O3.H3P.H2S.Tl/c1-5-24-9-6-10-25-11-7-12-28(31(24)25)32-30(41)19-29-34(33(32)42)44-36(50-23-39-14-8-16-47(39)21-26(40)20-39)45-35(29)46-17-18-48(27(22-46)13-15-43)37(49)51-38(2,3)4;;;/h6-7,9-12,19,26-27H,8,13-14,16-18,20-23H2,2-4H3;1H3;1H2;/p-1/t26-,27+,39+;;;/m1.../s1. The number of rotatable bonds is 6. The van der Waals surface area contributed by atoms with Gasteiger partial charge in [-0.3, -0.25) is 4.90 Å². The normalized spacial score (nSPS) is 21.0. The zero-order valence-electron chi connectivity index (χ0n) is 30.5. The number of piperazine rings is 1. The minimum atomic E-state index is -0.968. The summed E-state index contributed by atoms with van der Waals surface area (Å²) in [6.07, 6.45) is 0.491. The van der Waals surface area contributed by atoms with E-state index >= 15 is 8.78 Å². The number of benzene rings is 3. The predicted octanol–water partition coefficient (Wildman–Crippen LogP) is 6.29. The summed E-state index contributed by atoms with van der Waals surface area (Å²) >= 11 is 0.421. The topological polar surface area (TPSA) is 94.8 Å². The van der Waals surface area contributed by atoms with Gasteiger partial charge >= 0.3 is 194 Å². The molecule has 15 heteroatoms. The van der Waals surface area contributed by atoms with Crippen LogP contribution in [0.3, 0.4) is 0 Å². The Bertz CT molecular complexity index is 2170. The van der Waals surface area contributed by atoms with Crippen LogP contribution in [0.4, 0.5) is 23.8 Å². The quantitative estimate of drug-likeness (QED) is 0.0728. The van der Waals surface area contributed by atoms with Gasteiger partial charge in [0.25, 0.3) is 0 Å². The zero-order valence-corrected chi connectivity index (χ0v) is 37.3. The fraction of sp³-hybridized carbons (Fsp3) is 0.436. The van der Waals surface area contributed by atoms with E-state index < -0.39 is 41.1 Å². The molecule has 0 spiro atoms. The van der Waals surface area contributed by atoms with Crippen molar-refractivity contribution in [2.45, 2.75) is 69.8 Å². The fourth-order valence-electron chi connectivity index (χ4n) is 7.98. The molecular weight excluding hydrogens is 925 g/mol. The predicted molar refractivity (Wildman–Crippen MR) is 213 cm³/mol. The van der Waals surface area contributed by atoms with Crippen LogP contribution in [0.1, 0.15) is 52.0 Å². The molecule has 3 saturated heterocycles. The SMILES string of the molecule is CC(C)(C)OC(=O)N1CCN(c2nc(OC[C@@]34CCCN3C[C@H](F)C4)nc3c(F)c(-c4cccc5cccc(C#[C][Tl])c45)c(F)cc23)C[C@@H]1CC#N.P.[SH-]. The van der Waals surface area contributed by atoms with Crippen LogP contribution in [0.5, 0.6) is 6.01 Å². The second-order valence-corrected chi connectivity index (χ2v) is 15.9. The number of nitriles is 1. The van der Waals surface area contributed by atoms with E-state index in [1.807, 2.05) is 29.2 Å². The molecular formula is C39H42F3N6O3PSTl-. The Hall–Kier alpha value is -3.37. The van der Waals surface area contributed by atoms with E-state index in [1.165, 1.54) is 11.0 Å². The first-order chi connectivity index (χ1) is 24.9. The summed E-state index contributed by atoms with van der Waals surface area (Å²) in [5, 5.41) is 11.3. The third-order valence-electron chi connectivity index (χ3n) is 10.2. The van der Waals surface area contributed by atoms with Gasteiger partial charge in [-0.25, -0.2) is 9.18 Å². The van der Waals surface area contributed by atoms with E-state index in [0.29, 0.717) is 55.2 Å². The van der Waals surface area contributed by atoms with Crippen molar-refractivity contribution in [3.05, 3.63) is 59.7 Å². The Morgan fingerprint density at radius 1 is 1.11 bits per heavy atom. The van der Waals surface area contributed by atoms with Gasteiger partial charge in [-0.2, -0.15) is 15.2 Å². The first kappa shape index (κ1) is 41.8. The summed E-state index contributed by atoms with van der Waals surface area (Å²) in [5.41, 5.74) is -0.600. The molecule has 3 aliphatic rings. The van der Waals surface area contributed by atoms with Crippen LogP contribution in [0, 0.1) is 32.4 Å². The molecule has 7 rings (SSSR count). The number of hydrogen-bond acceptors (Lipinski definition) is 9. The molecule has 4 atom stereocenters. The van der Waals surface area contributed by atoms with Crippen LogP contribution < -0.4 is 9.64 Å². The first-order valence-electron chi connectivity index (χ1n) is 17.5. The van der Waals surface area contributed by atoms with Gasteiger partial charge in [0.1, 0.15) is 11.8 Å². The molecule has 9 nitrogen and oxygen atoms in total. The van der Waals surface area contributed by atoms with E-state index in [1.54, 1.807) is 32.9 Å². The number of fused-ring (bicyclic) bond motifs is 3. The van der Waals surface area contributed by atoms with Gasteiger partial charge in [-0.05, 0) is 40.2 Å². The van der Waals surface area contributed by atoms with E-state index in [4.69, 9.17) is 14.5 Å². The second-order valence-electron chi connectivity index (χ2n) is 14.8. The number of ether oxygens (including phenoxy) is 2. The Morgan fingerprint density at radius 2 is 1.87 bits per heavy atom. The zero-order chi connectivity index (χ0) is 36.8. The number of aromatic nitrogens is 2. The monoisotopic (exact) mass is 967 g/mol. The molecule has 0 radical (unpaired) electrons. The van der Waals surface area contributed by atoms with Crippen molar-refractivity contribution in [3.8, 4) is 32.6 Å². The molecule has 3 fully saturated rings. The van der Waals surface area contributed by atoms with E-state index in [2.05, 4.69) is 25.4 Å². The fourth-order valence-corrected chi connectivity index (χ4v) is 8.58. The Balaban J connectivity index is 0.00000280. The number of alkyl halides is 1. The second kappa shape index (κ2) is 16.8. The molecule has 0 aliphatic carbocycles. The van der Waals surface area contributed by atoms with Crippen molar-refractivity contribution < 1.29 is 27.4 Å². The van der Waals surface area contributed by atoms with Crippen LogP contribution in [-0.2, 0) is 18.2 Å². The molecule has 54 heavy (non-hydrogen) atoms. The number of anilines is 1. The van der Waals surface area contributed by atoms with Crippen molar-refractivity contribution in [1.82, 2.24) is 19.8 Å². The van der Waals surface area contributed by atoms with Crippen LogP contribution >= 0.6 is 9.90 Å². The molecule has 282 valence electrons. The number of carbonyl (C=O) groups is 1. The van der Waals surface area contributed by atoms with E-state index in [-0.39, 0.29) is 84.4 Å². The third kappa shape index (κ3) is 8.11. The molecule has 4 heterocycles. The van der Waals surface area contributed by atoms with Gasteiger partial charge in [0.15, 0.2) is 0 Å². The molecule has 0 N–H and O–H groups in total. The number of nitrogens with zero attached hydrogens (tertiary/aromatic N) is 6. The number of halogens is 3. The summed E-state index contributed by atoms with van der Waals surface area (Å²) in [4.78, 5) is 27.9. The minimum Gasteiger partial charge on any atom is -0.813 e. The molecule has 0 saturated carbocycles. The van der Waals surface area contributed by atoms with Crippen molar-refractivity contribution in [3.63, 3.8) is 0 Å². The number of hydrogen-bond donors (Lipinski definition) is 0. The van der Waals surface area contributed by atoms with E-state index in [0.717, 1.165) is 24.8 Å². The van der Waals surface area contributed by atoms with Crippen LogP contribution in [0.25, 0.3) is 32.8 Å². The molecule has 3 aromatic carbocycles. The Labute approximate surface area is 339 Å². The maximum absolute atomic E-state index is 17.1. The maximum atomic E-state index is 17.1. The molecule has 3 aliphatic heterocycles. The molecule has 1 aromatic heterocycles. The van der Waals surface area contributed by atoms with Gasteiger partial charge < -0.3 is 23.1 Å². The van der Waals surface area contributed by atoms with Gasteiger partial charge in [0, 0.05) is 19.5 Å². The average Bonchev–Trinajstić information content (AvgIpc) is 3.62. The van der Waals surface area contributed by atoms with E-state index in [9.17, 15) is 14.4 Å². The first-order valence-corrected chi connectivity index (χ1v) is 19.7. The van der Waals surface area contributed by atoms with Crippen LogP contribution in [0.15, 0.2) is 42.5 Å². The molecule has 1 unspecified atom stereocenters. The summed E-state index contributed by atoms with van der Waals surface area (Å²) in [6, 6.07) is 13.6. The number of thiol groups is 1. The van der Waals surface area contributed by atoms with Crippen molar-refractivity contribution in [1.29, 1.82) is 5.26 Å². The number of amides is 1. The molecule has 4 aromatic rings. The van der Waals surface area contributed by atoms with Gasteiger partial charge in [-0.15, -0.1) is 0 Å². The van der Waals surface area contributed by atoms with Crippen LogP contribution in [0.2, 0.25) is 0 Å². The van der Waals surface area contributed by atoms with Gasteiger partial charge in [0.05, 0.1) is 24.1 Å². The molecule has 0 bridgehead atoms. The van der Waals surface area contributed by atoms with Crippen molar-refractivity contribution >= 4 is 82.7 Å². The Morgan fingerprint density at radius 3 is 2.59 bits per heavy atom. The third-order valence-corrected chi connectivity index (χ3v) is 10.8. The van der Waals surface area contributed by atoms with Crippen molar-refractivity contribution in [2.75, 3.05) is 44.2 Å². The molecule has 1 amide bonds. The van der Waals surface area contributed by atoms with Crippen molar-refractivity contribution in [2.24, 2.45) is 0 Å².